The summed E-state index contributed by atoms with van der Waals surface area (Å²) in [7, 11) is -0.729. The van der Waals surface area contributed by atoms with E-state index in [2.05, 4.69) is 25.6 Å². The van der Waals surface area contributed by atoms with Gasteiger partial charge in [-0.25, -0.2) is 8.42 Å². The summed E-state index contributed by atoms with van der Waals surface area (Å²) >= 11 is 11.0. The van der Waals surface area contributed by atoms with Gasteiger partial charge in [0.25, 0.3) is 10.0 Å². The average Bonchev–Trinajstić information content (AvgIpc) is 2.76. The van der Waals surface area contributed by atoms with Crippen LogP contribution in [-0.2, 0) is 10.0 Å². The van der Waals surface area contributed by atoms with Crippen molar-refractivity contribution in [3.05, 3.63) is 59.8 Å². The van der Waals surface area contributed by atoms with Crippen molar-refractivity contribution in [1.82, 2.24) is 10.2 Å². The second-order valence-corrected chi connectivity index (χ2v) is 8.49. The lowest BCUT2D eigenvalue weighted by Crippen LogP contribution is -2.19. The molecule has 0 aliphatic rings. The van der Waals surface area contributed by atoms with Gasteiger partial charge >= 0.3 is 0 Å². The van der Waals surface area contributed by atoms with Gasteiger partial charge in [-0.1, -0.05) is 11.6 Å². The van der Waals surface area contributed by atoms with Crippen LogP contribution in [0.25, 0.3) is 0 Å². The number of nitrogens with one attached hydrogen (secondary N) is 3. The molecule has 0 atom stereocenters. The maximum atomic E-state index is 12.5. The molecule has 0 saturated carbocycles. The normalized spacial score (nSPS) is 10.8. The number of hydrogen-bond donors (Lipinski definition) is 3. The van der Waals surface area contributed by atoms with E-state index in [0.29, 0.717) is 28.0 Å². The van der Waals surface area contributed by atoms with Gasteiger partial charge in [-0.15, -0.1) is 10.2 Å². The molecule has 0 amide bonds. The lowest BCUT2D eigenvalue weighted by atomic mass is 10.2. The van der Waals surface area contributed by atoms with Crippen LogP contribution in [-0.4, -0.2) is 37.9 Å². The second-order valence-electron chi connectivity index (χ2n) is 6.02. The zero-order chi connectivity index (χ0) is 22.4. The quantitative estimate of drug-likeness (QED) is 0.435. The lowest BCUT2D eigenvalue weighted by molar-refractivity contribution is 0.395. The Labute approximate surface area is 189 Å². The molecule has 0 aliphatic heterocycles. The van der Waals surface area contributed by atoms with Crippen LogP contribution < -0.4 is 24.8 Å². The average molecular weight is 480 g/mol. The van der Waals surface area contributed by atoms with Crippen molar-refractivity contribution in [2.24, 2.45) is 0 Å². The number of sulfonamides is 1. The second kappa shape index (κ2) is 9.77. The Bertz CT molecular complexity index is 1170. The molecule has 0 fully saturated rings. The minimum atomic E-state index is -3.84. The lowest BCUT2D eigenvalue weighted by Gasteiger charge is -2.14. The first-order chi connectivity index (χ1) is 14.8. The van der Waals surface area contributed by atoms with Crippen LogP contribution in [0.15, 0.2) is 59.5 Å². The fourth-order valence-corrected chi connectivity index (χ4v) is 3.80. The van der Waals surface area contributed by atoms with Gasteiger partial charge in [0, 0.05) is 11.8 Å². The van der Waals surface area contributed by atoms with E-state index in [4.69, 9.17) is 33.3 Å². The highest BCUT2D eigenvalue weighted by Crippen LogP contribution is 2.29. The molecule has 3 N–H and O–H groups in total. The number of ether oxygens (including phenoxy) is 2. The van der Waals surface area contributed by atoms with Gasteiger partial charge in [0.1, 0.15) is 11.5 Å². The number of thiocarbonyl (C=S) groups is 1. The fraction of sp³-hybridized carbons (Fsp3) is 0.105. The van der Waals surface area contributed by atoms with Crippen LogP contribution in [0.2, 0.25) is 5.15 Å². The fourth-order valence-electron chi connectivity index (χ4n) is 2.47. The molecule has 0 radical (unpaired) electrons. The summed E-state index contributed by atoms with van der Waals surface area (Å²) in [5.41, 5.74) is 1.24. The summed E-state index contributed by atoms with van der Waals surface area (Å²) in [4.78, 5) is 0.0468. The van der Waals surface area contributed by atoms with Gasteiger partial charge in [0.05, 0.1) is 24.8 Å². The molecule has 0 saturated heterocycles. The molecule has 3 rings (SSSR count). The van der Waals surface area contributed by atoms with Gasteiger partial charge in [-0.05, 0) is 60.7 Å². The summed E-state index contributed by atoms with van der Waals surface area (Å²) in [5.74, 6) is 1.27. The Morgan fingerprint density at radius 1 is 0.968 bits per heavy atom. The van der Waals surface area contributed by atoms with Crippen molar-refractivity contribution in [3.8, 4) is 11.5 Å². The largest absolute Gasteiger partial charge is 0.497 e. The van der Waals surface area contributed by atoms with Crippen molar-refractivity contribution >= 4 is 56.1 Å². The standard InChI is InChI=1S/C19H18ClN5O4S2/c1-28-13-5-8-15(16(11-13)29-2)22-19(30)21-12-3-6-14(7-4-12)31(26,27)25-18-10-9-17(20)23-24-18/h3-11H,1-2H3,(H,24,25)(H2,21,22,30). The monoisotopic (exact) mass is 479 g/mol. The third kappa shape index (κ3) is 5.94. The number of nitrogens with zero attached hydrogens (tertiary/aromatic N) is 2. The molecule has 0 bridgehead atoms. The van der Waals surface area contributed by atoms with Crippen LogP contribution in [0, 0.1) is 0 Å². The Balaban J connectivity index is 1.66. The van der Waals surface area contributed by atoms with Gasteiger partial charge in [-0.2, -0.15) is 0 Å². The molecule has 0 aliphatic carbocycles. The summed E-state index contributed by atoms with van der Waals surface area (Å²) in [6, 6.07) is 14.2. The van der Waals surface area contributed by atoms with Gasteiger partial charge in [0.15, 0.2) is 16.1 Å². The van der Waals surface area contributed by atoms with Crippen LogP contribution >= 0.6 is 23.8 Å². The maximum Gasteiger partial charge on any atom is 0.263 e. The minimum absolute atomic E-state index is 0.0468. The minimum Gasteiger partial charge on any atom is -0.497 e. The number of halogens is 1. The molecule has 3 aromatic rings. The van der Waals surface area contributed by atoms with Gasteiger partial charge < -0.3 is 20.1 Å². The maximum absolute atomic E-state index is 12.5. The van der Waals surface area contributed by atoms with Crippen LogP contribution in [0.5, 0.6) is 11.5 Å². The number of hydrogen-bond acceptors (Lipinski definition) is 7. The Hall–Kier alpha value is -3.15. The van der Waals surface area contributed by atoms with Gasteiger partial charge in [-0.3, -0.25) is 4.72 Å². The third-order valence-electron chi connectivity index (χ3n) is 3.95. The predicted molar refractivity (Wildman–Crippen MR) is 124 cm³/mol. The first-order valence-electron chi connectivity index (χ1n) is 8.73. The molecule has 31 heavy (non-hydrogen) atoms. The molecule has 1 aromatic heterocycles. The van der Waals surface area contributed by atoms with E-state index in [-0.39, 0.29) is 15.9 Å². The van der Waals surface area contributed by atoms with Crippen molar-refractivity contribution < 1.29 is 17.9 Å². The van der Waals surface area contributed by atoms with Crippen molar-refractivity contribution in [2.45, 2.75) is 4.90 Å². The van der Waals surface area contributed by atoms with E-state index in [9.17, 15) is 8.42 Å². The summed E-state index contributed by atoms with van der Waals surface area (Å²) in [5, 5.41) is 13.8. The Morgan fingerprint density at radius 3 is 2.32 bits per heavy atom. The van der Waals surface area contributed by atoms with E-state index >= 15 is 0 Å². The summed E-state index contributed by atoms with van der Waals surface area (Å²) in [6.45, 7) is 0. The number of rotatable bonds is 7. The smallest absolute Gasteiger partial charge is 0.263 e. The van der Waals surface area contributed by atoms with Crippen LogP contribution in [0.4, 0.5) is 17.2 Å². The predicted octanol–water partition coefficient (Wildman–Crippen LogP) is 3.76. The first kappa shape index (κ1) is 22.5. The SMILES string of the molecule is COc1ccc(NC(=S)Nc2ccc(S(=O)(=O)Nc3ccc(Cl)nn3)cc2)c(OC)c1. The summed E-state index contributed by atoms with van der Waals surface area (Å²) < 4.78 is 37.8. The van der Waals surface area contributed by atoms with Crippen LogP contribution in [0.3, 0.4) is 0 Å². The molecule has 1 heterocycles. The molecule has 0 unspecified atom stereocenters. The zero-order valence-electron chi connectivity index (χ0n) is 16.4. The molecular weight excluding hydrogens is 462 g/mol. The topological polar surface area (TPSA) is 114 Å². The summed E-state index contributed by atoms with van der Waals surface area (Å²) in [6.07, 6.45) is 0. The highest BCUT2D eigenvalue weighted by Gasteiger charge is 2.15. The first-order valence-corrected chi connectivity index (χ1v) is 11.0. The van der Waals surface area contributed by atoms with Crippen molar-refractivity contribution in [2.75, 3.05) is 29.6 Å². The van der Waals surface area contributed by atoms with Crippen molar-refractivity contribution in [1.29, 1.82) is 0 Å². The van der Waals surface area contributed by atoms with E-state index in [1.807, 2.05) is 0 Å². The van der Waals surface area contributed by atoms with Gasteiger partial charge in [0.2, 0.25) is 0 Å². The van der Waals surface area contributed by atoms with E-state index < -0.39 is 10.0 Å². The van der Waals surface area contributed by atoms with E-state index in [1.165, 1.54) is 24.3 Å². The number of anilines is 3. The van der Waals surface area contributed by atoms with Crippen molar-refractivity contribution in [3.63, 3.8) is 0 Å². The number of benzene rings is 2. The molecule has 2 aromatic carbocycles. The Kier molecular flexibility index (Phi) is 7.10. The molecule has 162 valence electrons. The Morgan fingerprint density at radius 2 is 1.71 bits per heavy atom. The third-order valence-corrected chi connectivity index (χ3v) is 5.73. The number of aromatic nitrogens is 2. The molecular formula is C19H18ClN5O4S2. The molecule has 9 nitrogen and oxygen atoms in total. The van der Waals surface area contributed by atoms with E-state index in [0.717, 1.165) is 0 Å². The zero-order valence-corrected chi connectivity index (χ0v) is 18.8. The van der Waals surface area contributed by atoms with E-state index in [1.54, 1.807) is 44.6 Å². The molecule has 0 spiro atoms. The molecule has 12 heteroatoms. The number of methoxy groups -OCH3 is 2. The highest BCUT2D eigenvalue weighted by atomic mass is 35.5. The van der Waals surface area contributed by atoms with Crippen LogP contribution in [0.1, 0.15) is 0 Å². The highest BCUT2D eigenvalue weighted by molar-refractivity contribution is 7.92.